The first-order chi connectivity index (χ1) is 9.26. The number of hydrogen-bond acceptors (Lipinski definition) is 5. The SMILES string of the molecule is N#C/C(NN)=C(/N)c1ccc(-c2ccncc2)cc1. The molecule has 94 valence electrons. The second-order valence-corrected chi connectivity index (χ2v) is 3.86. The summed E-state index contributed by atoms with van der Waals surface area (Å²) in [4.78, 5) is 3.98. The van der Waals surface area contributed by atoms with Gasteiger partial charge in [0.05, 0.1) is 5.70 Å². The second kappa shape index (κ2) is 5.67. The van der Waals surface area contributed by atoms with Gasteiger partial charge in [-0.2, -0.15) is 5.26 Å². The molecule has 0 saturated heterocycles. The summed E-state index contributed by atoms with van der Waals surface area (Å²) in [5.74, 6) is 5.23. The number of hydrogen-bond donors (Lipinski definition) is 3. The Hall–Kier alpha value is -2.84. The topological polar surface area (TPSA) is 101 Å². The average molecular weight is 251 g/mol. The van der Waals surface area contributed by atoms with Crippen molar-refractivity contribution in [3.8, 4) is 17.2 Å². The van der Waals surface area contributed by atoms with Crippen molar-refractivity contribution in [2.45, 2.75) is 0 Å². The molecule has 2 rings (SSSR count). The lowest BCUT2D eigenvalue weighted by Gasteiger charge is -2.06. The van der Waals surface area contributed by atoms with E-state index in [1.807, 2.05) is 42.5 Å². The molecule has 2 aromatic rings. The lowest BCUT2D eigenvalue weighted by atomic mass is 10.0. The largest absolute Gasteiger partial charge is 0.396 e. The Morgan fingerprint density at radius 2 is 1.63 bits per heavy atom. The smallest absolute Gasteiger partial charge is 0.151 e. The van der Waals surface area contributed by atoms with Crippen LogP contribution in [0.3, 0.4) is 0 Å². The van der Waals surface area contributed by atoms with Gasteiger partial charge in [0.25, 0.3) is 0 Å². The van der Waals surface area contributed by atoms with E-state index in [1.165, 1.54) is 0 Å². The molecule has 0 saturated carbocycles. The highest BCUT2D eigenvalue weighted by atomic mass is 15.2. The number of allylic oxidation sites excluding steroid dienone is 1. The minimum absolute atomic E-state index is 0.150. The molecule has 0 aliphatic carbocycles. The van der Waals surface area contributed by atoms with Crippen LogP contribution in [0.1, 0.15) is 5.56 Å². The van der Waals surface area contributed by atoms with Crippen LogP contribution in [0.2, 0.25) is 0 Å². The Morgan fingerprint density at radius 3 is 2.16 bits per heavy atom. The van der Waals surface area contributed by atoms with Crippen LogP contribution in [0, 0.1) is 11.3 Å². The fourth-order valence-electron chi connectivity index (χ4n) is 1.70. The van der Waals surface area contributed by atoms with Crippen molar-refractivity contribution in [2.24, 2.45) is 11.6 Å². The second-order valence-electron chi connectivity index (χ2n) is 3.86. The summed E-state index contributed by atoms with van der Waals surface area (Å²) in [7, 11) is 0. The zero-order valence-electron chi connectivity index (χ0n) is 10.2. The van der Waals surface area contributed by atoms with E-state index in [9.17, 15) is 0 Å². The van der Waals surface area contributed by atoms with Gasteiger partial charge in [-0.1, -0.05) is 24.3 Å². The Kier molecular flexibility index (Phi) is 3.76. The van der Waals surface area contributed by atoms with Crippen LogP contribution in [0.25, 0.3) is 16.8 Å². The highest BCUT2D eigenvalue weighted by Gasteiger charge is 2.04. The number of rotatable bonds is 3. The van der Waals surface area contributed by atoms with E-state index in [0.717, 1.165) is 16.7 Å². The summed E-state index contributed by atoms with van der Waals surface area (Å²) >= 11 is 0. The van der Waals surface area contributed by atoms with Crippen LogP contribution in [-0.2, 0) is 0 Å². The molecule has 5 heteroatoms. The first-order valence-corrected chi connectivity index (χ1v) is 5.63. The molecule has 0 radical (unpaired) electrons. The van der Waals surface area contributed by atoms with E-state index < -0.39 is 0 Å². The Morgan fingerprint density at radius 1 is 1.05 bits per heavy atom. The van der Waals surface area contributed by atoms with Crippen molar-refractivity contribution in [3.63, 3.8) is 0 Å². The third kappa shape index (κ3) is 2.70. The Labute approximate surface area is 111 Å². The molecule has 1 aromatic carbocycles. The number of aromatic nitrogens is 1. The molecule has 5 N–H and O–H groups in total. The van der Waals surface area contributed by atoms with Crippen LogP contribution < -0.4 is 17.0 Å². The van der Waals surface area contributed by atoms with Crippen molar-refractivity contribution in [1.29, 1.82) is 5.26 Å². The zero-order valence-corrected chi connectivity index (χ0v) is 10.2. The fourth-order valence-corrected chi connectivity index (χ4v) is 1.70. The molecule has 0 bridgehead atoms. The minimum atomic E-state index is 0.150. The normalized spacial score (nSPS) is 11.4. The summed E-state index contributed by atoms with van der Waals surface area (Å²) in [6.45, 7) is 0. The molecule has 0 atom stereocenters. The maximum absolute atomic E-state index is 8.85. The Bertz CT molecular complexity index is 623. The molecule has 1 heterocycles. The maximum Gasteiger partial charge on any atom is 0.151 e. The highest BCUT2D eigenvalue weighted by Crippen LogP contribution is 2.20. The van der Waals surface area contributed by atoms with E-state index in [1.54, 1.807) is 12.4 Å². The summed E-state index contributed by atoms with van der Waals surface area (Å²) in [5.41, 5.74) is 11.5. The fraction of sp³-hybridized carbons (Fsp3) is 0. The minimum Gasteiger partial charge on any atom is -0.396 e. The van der Waals surface area contributed by atoms with Crippen molar-refractivity contribution in [2.75, 3.05) is 0 Å². The highest BCUT2D eigenvalue weighted by molar-refractivity contribution is 5.71. The number of pyridine rings is 1. The van der Waals surface area contributed by atoms with E-state index in [-0.39, 0.29) is 5.70 Å². The van der Waals surface area contributed by atoms with Crippen LogP contribution in [0.15, 0.2) is 54.5 Å². The first kappa shape index (κ1) is 12.6. The molecule has 0 amide bonds. The van der Waals surface area contributed by atoms with Crippen molar-refractivity contribution in [3.05, 3.63) is 60.1 Å². The molecule has 0 spiro atoms. The molecule has 0 aliphatic heterocycles. The van der Waals surface area contributed by atoms with Gasteiger partial charge < -0.3 is 11.2 Å². The summed E-state index contributed by atoms with van der Waals surface area (Å²) in [5, 5.41) is 8.85. The summed E-state index contributed by atoms with van der Waals surface area (Å²) < 4.78 is 0. The molecule has 0 aliphatic rings. The van der Waals surface area contributed by atoms with E-state index in [4.69, 9.17) is 16.8 Å². The van der Waals surface area contributed by atoms with Crippen molar-refractivity contribution in [1.82, 2.24) is 10.4 Å². The number of benzene rings is 1. The standard InChI is InChI=1S/C14H13N5/c15-9-13(19-17)14(16)12-3-1-10(2-4-12)11-5-7-18-8-6-11/h1-8,19H,16-17H2/b14-13-. The molecule has 5 nitrogen and oxygen atoms in total. The van der Waals surface area contributed by atoms with E-state index in [0.29, 0.717) is 5.70 Å². The van der Waals surface area contributed by atoms with Crippen molar-refractivity contribution < 1.29 is 0 Å². The van der Waals surface area contributed by atoms with Gasteiger partial charge in [0.2, 0.25) is 0 Å². The Balaban J connectivity index is 2.35. The van der Waals surface area contributed by atoms with Crippen LogP contribution >= 0.6 is 0 Å². The number of hydrazine groups is 1. The van der Waals surface area contributed by atoms with Gasteiger partial charge in [-0.05, 0) is 23.3 Å². The van der Waals surface area contributed by atoms with Crippen LogP contribution in [0.4, 0.5) is 0 Å². The van der Waals surface area contributed by atoms with E-state index >= 15 is 0 Å². The summed E-state index contributed by atoms with van der Waals surface area (Å²) in [6, 6.07) is 13.3. The molecule has 19 heavy (non-hydrogen) atoms. The van der Waals surface area contributed by atoms with Gasteiger partial charge in [-0.25, -0.2) is 5.84 Å². The quantitative estimate of drug-likeness (QED) is 0.434. The van der Waals surface area contributed by atoms with Gasteiger partial charge in [0.1, 0.15) is 6.07 Å². The predicted octanol–water partition coefficient (Wildman–Crippen LogP) is 1.36. The van der Waals surface area contributed by atoms with Crippen molar-refractivity contribution >= 4 is 5.70 Å². The van der Waals surface area contributed by atoms with E-state index in [2.05, 4.69) is 10.4 Å². The van der Waals surface area contributed by atoms with Gasteiger partial charge in [-0.3, -0.25) is 4.98 Å². The number of nitriles is 1. The monoisotopic (exact) mass is 251 g/mol. The third-order valence-corrected chi connectivity index (χ3v) is 2.74. The predicted molar refractivity (Wildman–Crippen MR) is 73.7 cm³/mol. The molecule has 0 unspecified atom stereocenters. The first-order valence-electron chi connectivity index (χ1n) is 5.63. The number of nitrogens with two attached hydrogens (primary N) is 2. The number of nitrogens with zero attached hydrogens (tertiary/aromatic N) is 2. The lowest BCUT2D eigenvalue weighted by molar-refractivity contribution is 0.920. The molecular formula is C14H13N5. The van der Waals surface area contributed by atoms with Gasteiger partial charge in [0, 0.05) is 18.0 Å². The maximum atomic E-state index is 8.85. The van der Waals surface area contributed by atoms with Gasteiger partial charge >= 0.3 is 0 Å². The third-order valence-electron chi connectivity index (χ3n) is 2.74. The lowest BCUT2D eigenvalue weighted by Crippen LogP contribution is -2.23. The van der Waals surface area contributed by atoms with Gasteiger partial charge in [0.15, 0.2) is 5.70 Å². The molecule has 0 fully saturated rings. The summed E-state index contributed by atoms with van der Waals surface area (Å²) in [6.07, 6.45) is 3.48. The average Bonchev–Trinajstić information content (AvgIpc) is 2.49. The van der Waals surface area contributed by atoms with Crippen LogP contribution in [-0.4, -0.2) is 4.98 Å². The molecular weight excluding hydrogens is 238 g/mol. The molecule has 1 aromatic heterocycles. The zero-order chi connectivity index (χ0) is 13.7. The van der Waals surface area contributed by atoms with Crippen LogP contribution in [0.5, 0.6) is 0 Å². The van der Waals surface area contributed by atoms with Gasteiger partial charge in [-0.15, -0.1) is 0 Å². The number of nitrogens with one attached hydrogen (secondary N) is 1.